The minimum atomic E-state index is -0.00190. The van der Waals surface area contributed by atoms with E-state index in [9.17, 15) is 4.79 Å². The van der Waals surface area contributed by atoms with E-state index in [0.29, 0.717) is 0 Å². The number of H-pyrrole nitrogens is 1. The first-order valence-electron chi connectivity index (χ1n) is 6.39. The number of hydrogen-bond donors (Lipinski definition) is 1. The number of pyridine rings is 1. The number of aromatic nitrogens is 1. The Bertz CT molecular complexity index is 596. The van der Waals surface area contributed by atoms with Crippen LogP contribution in [0.2, 0.25) is 0 Å². The molecule has 0 atom stereocenters. The van der Waals surface area contributed by atoms with Gasteiger partial charge in [-0.3, -0.25) is 4.79 Å². The van der Waals surface area contributed by atoms with Crippen molar-refractivity contribution in [1.82, 2.24) is 4.98 Å². The van der Waals surface area contributed by atoms with Crippen molar-refractivity contribution in [2.24, 2.45) is 0 Å². The second-order valence-corrected chi connectivity index (χ2v) is 4.34. The summed E-state index contributed by atoms with van der Waals surface area (Å²) in [5.74, 6) is 0. The standard InChI is InChI=1S/C13H13NO.C2H6/c1-8-5-13(15)14-12-7-10-4-2-3-9(10)6-11(8)12;1-2/h5-7H,2-4H2,1H3,(H,14,15);1-2H3. The van der Waals surface area contributed by atoms with Gasteiger partial charge in [-0.15, -0.1) is 0 Å². The van der Waals surface area contributed by atoms with Crippen molar-refractivity contribution >= 4 is 10.9 Å². The Kier molecular flexibility index (Phi) is 3.32. The number of aryl methyl sites for hydroxylation is 3. The Hall–Kier alpha value is -1.57. The second kappa shape index (κ2) is 4.74. The van der Waals surface area contributed by atoms with Gasteiger partial charge in [-0.05, 0) is 55.0 Å². The quantitative estimate of drug-likeness (QED) is 0.738. The molecule has 1 aliphatic rings. The van der Waals surface area contributed by atoms with Gasteiger partial charge >= 0.3 is 0 Å². The Morgan fingerprint density at radius 3 is 2.41 bits per heavy atom. The largest absolute Gasteiger partial charge is 0.322 e. The number of benzene rings is 1. The van der Waals surface area contributed by atoms with Gasteiger partial charge in [0.25, 0.3) is 0 Å². The fourth-order valence-electron chi connectivity index (χ4n) is 2.50. The lowest BCUT2D eigenvalue weighted by molar-refractivity contribution is 0.912. The Labute approximate surface area is 102 Å². The molecule has 1 aromatic heterocycles. The lowest BCUT2D eigenvalue weighted by Crippen LogP contribution is -2.05. The molecular formula is C15H19NO. The van der Waals surface area contributed by atoms with Gasteiger partial charge < -0.3 is 4.98 Å². The molecule has 0 fully saturated rings. The minimum absolute atomic E-state index is 0.00190. The van der Waals surface area contributed by atoms with Crippen molar-refractivity contribution in [1.29, 1.82) is 0 Å². The van der Waals surface area contributed by atoms with Crippen LogP contribution in [0.4, 0.5) is 0 Å². The highest BCUT2D eigenvalue weighted by molar-refractivity contribution is 5.83. The van der Waals surface area contributed by atoms with Gasteiger partial charge in [-0.2, -0.15) is 0 Å². The summed E-state index contributed by atoms with van der Waals surface area (Å²) in [6.07, 6.45) is 3.58. The van der Waals surface area contributed by atoms with Crippen LogP contribution in [-0.4, -0.2) is 4.98 Å². The van der Waals surface area contributed by atoms with Crippen molar-refractivity contribution in [3.8, 4) is 0 Å². The van der Waals surface area contributed by atoms with Crippen molar-refractivity contribution in [3.05, 3.63) is 45.2 Å². The van der Waals surface area contributed by atoms with E-state index in [1.54, 1.807) is 6.07 Å². The molecule has 0 amide bonds. The van der Waals surface area contributed by atoms with Crippen LogP contribution in [0.15, 0.2) is 23.0 Å². The number of nitrogens with one attached hydrogen (secondary N) is 1. The molecule has 0 spiro atoms. The Morgan fingerprint density at radius 2 is 1.71 bits per heavy atom. The first kappa shape index (κ1) is 11.9. The van der Waals surface area contributed by atoms with Crippen LogP contribution in [-0.2, 0) is 12.8 Å². The molecule has 2 nitrogen and oxygen atoms in total. The molecule has 90 valence electrons. The maximum absolute atomic E-state index is 11.3. The summed E-state index contributed by atoms with van der Waals surface area (Å²) < 4.78 is 0. The van der Waals surface area contributed by atoms with E-state index in [4.69, 9.17) is 0 Å². The second-order valence-electron chi connectivity index (χ2n) is 4.34. The minimum Gasteiger partial charge on any atom is -0.322 e. The maximum Gasteiger partial charge on any atom is 0.248 e. The predicted octanol–water partition coefficient (Wildman–Crippen LogP) is 3.35. The van der Waals surface area contributed by atoms with Gasteiger partial charge in [-0.1, -0.05) is 13.8 Å². The molecule has 3 rings (SSSR count). The van der Waals surface area contributed by atoms with Gasteiger partial charge in [0, 0.05) is 17.0 Å². The lowest BCUT2D eigenvalue weighted by Gasteiger charge is -2.05. The topological polar surface area (TPSA) is 32.9 Å². The zero-order valence-electron chi connectivity index (χ0n) is 10.8. The first-order valence-corrected chi connectivity index (χ1v) is 6.39. The molecule has 1 aliphatic carbocycles. The Balaban J connectivity index is 0.000000514. The fraction of sp³-hybridized carbons (Fsp3) is 0.400. The summed E-state index contributed by atoms with van der Waals surface area (Å²) in [7, 11) is 0. The van der Waals surface area contributed by atoms with Crippen LogP contribution < -0.4 is 5.56 Å². The number of fused-ring (bicyclic) bond motifs is 2. The molecule has 1 heterocycles. The maximum atomic E-state index is 11.3. The molecule has 0 unspecified atom stereocenters. The zero-order chi connectivity index (χ0) is 12.4. The van der Waals surface area contributed by atoms with Crippen LogP contribution >= 0.6 is 0 Å². The number of rotatable bonds is 0. The zero-order valence-corrected chi connectivity index (χ0v) is 10.8. The van der Waals surface area contributed by atoms with E-state index >= 15 is 0 Å². The molecule has 2 aromatic rings. The van der Waals surface area contributed by atoms with E-state index in [1.807, 2.05) is 20.8 Å². The average molecular weight is 229 g/mol. The third-order valence-corrected chi connectivity index (χ3v) is 3.26. The van der Waals surface area contributed by atoms with Gasteiger partial charge in [0.1, 0.15) is 0 Å². The van der Waals surface area contributed by atoms with Crippen molar-refractivity contribution in [2.75, 3.05) is 0 Å². The van der Waals surface area contributed by atoms with E-state index in [0.717, 1.165) is 17.5 Å². The highest BCUT2D eigenvalue weighted by Gasteiger charge is 2.12. The highest BCUT2D eigenvalue weighted by atomic mass is 16.1. The lowest BCUT2D eigenvalue weighted by atomic mass is 10.0. The molecule has 1 N–H and O–H groups in total. The number of aromatic amines is 1. The normalized spacial score (nSPS) is 13.1. The van der Waals surface area contributed by atoms with Crippen molar-refractivity contribution in [3.63, 3.8) is 0 Å². The predicted molar refractivity (Wildman–Crippen MR) is 72.7 cm³/mol. The van der Waals surface area contributed by atoms with E-state index in [2.05, 4.69) is 17.1 Å². The summed E-state index contributed by atoms with van der Waals surface area (Å²) in [6, 6.07) is 6.05. The van der Waals surface area contributed by atoms with Crippen LogP contribution in [0.1, 0.15) is 37.0 Å². The molecular weight excluding hydrogens is 210 g/mol. The van der Waals surface area contributed by atoms with Crippen molar-refractivity contribution < 1.29 is 0 Å². The van der Waals surface area contributed by atoms with Crippen LogP contribution in [0.5, 0.6) is 0 Å². The van der Waals surface area contributed by atoms with E-state index in [1.165, 1.54) is 29.4 Å². The molecule has 17 heavy (non-hydrogen) atoms. The van der Waals surface area contributed by atoms with Crippen LogP contribution in [0, 0.1) is 6.92 Å². The highest BCUT2D eigenvalue weighted by Crippen LogP contribution is 2.27. The summed E-state index contributed by atoms with van der Waals surface area (Å²) in [5.41, 5.74) is 4.92. The smallest absolute Gasteiger partial charge is 0.248 e. The molecule has 1 aromatic carbocycles. The van der Waals surface area contributed by atoms with E-state index in [-0.39, 0.29) is 5.56 Å². The fourth-order valence-corrected chi connectivity index (χ4v) is 2.50. The molecule has 0 bridgehead atoms. The third-order valence-electron chi connectivity index (χ3n) is 3.26. The van der Waals surface area contributed by atoms with Gasteiger partial charge in [0.15, 0.2) is 0 Å². The summed E-state index contributed by atoms with van der Waals surface area (Å²) in [4.78, 5) is 14.3. The summed E-state index contributed by atoms with van der Waals surface area (Å²) in [5, 5.41) is 1.19. The molecule has 0 radical (unpaired) electrons. The van der Waals surface area contributed by atoms with Crippen LogP contribution in [0.25, 0.3) is 10.9 Å². The summed E-state index contributed by atoms with van der Waals surface area (Å²) in [6.45, 7) is 6.00. The van der Waals surface area contributed by atoms with E-state index < -0.39 is 0 Å². The molecule has 0 aliphatic heterocycles. The monoisotopic (exact) mass is 229 g/mol. The average Bonchev–Trinajstić information content (AvgIpc) is 2.76. The van der Waals surface area contributed by atoms with Gasteiger partial charge in [-0.25, -0.2) is 0 Å². The van der Waals surface area contributed by atoms with Crippen LogP contribution in [0.3, 0.4) is 0 Å². The number of hydrogen-bond acceptors (Lipinski definition) is 1. The first-order chi connectivity index (χ1) is 8.24. The SMILES string of the molecule is CC.Cc1cc(=O)[nH]c2cc3c(cc12)CCC3. The summed E-state index contributed by atoms with van der Waals surface area (Å²) >= 11 is 0. The van der Waals surface area contributed by atoms with Gasteiger partial charge in [0.05, 0.1) is 0 Å². The van der Waals surface area contributed by atoms with Gasteiger partial charge in [0.2, 0.25) is 5.56 Å². The van der Waals surface area contributed by atoms with Crippen molar-refractivity contribution in [2.45, 2.75) is 40.0 Å². The molecule has 0 saturated carbocycles. The Morgan fingerprint density at radius 1 is 1.06 bits per heavy atom. The molecule has 2 heteroatoms. The third kappa shape index (κ3) is 2.12. The molecule has 0 saturated heterocycles.